The SMILES string of the molecule is COC(=O)C1(C)CCC1.COC(=O)C1(C)CN(c2cc(C)cc(Br)n2)C1.Cc1cc(F)nc(Br)c1. The number of pyridine rings is 2. The van der Waals surface area contributed by atoms with Crippen molar-refractivity contribution in [3.05, 3.63) is 50.5 Å². The van der Waals surface area contributed by atoms with Crippen LogP contribution < -0.4 is 4.90 Å². The number of nitrogens with zero attached hydrogens (tertiary/aromatic N) is 3. The van der Waals surface area contributed by atoms with Crippen molar-refractivity contribution >= 4 is 49.6 Å². The van der Waals surface area contributed by atoms with Crippen LogP contribution in [0, 0.1) is 30.6 Å². The summed E-state index contributed by atoms with van der Waals surface area (Å²) in [6, 6.07) is 7.11. The molecule has 4 rings (SSSR count). The highest BCUT2D eigenvalue weighted by molar-refractivity contribution is 9.10. The number of aryl methyl sites for hydroxylation is 2. The standard InChI is InChI=1S/C12H15BrN2O2.C7H12O2.C6H5BrFN/c1-8-4-9(13)14-10(5-8)15-6-12(2,7-15)11(16)17-3;1-7(4-3-5-7)6(8)9-2;1-4-2-5(7)9-6(8)3-4/h4-5H,6-7H2,1-3H3;3-5H2,1-2H3;2-3H,1H3. The molecule has 2 fully saturated rings. The smallest absolute Gasteiger partial charge is 0.315 e. The average Bonchev–Trinajstić information content (AvgIpc) is 2.73. The van der Waals surface area contributed by atoms with E-state index in [0.717, 1.165) is 34.4 Å². The molecule has 0 aromatic carbocycles. The largest absolute Gasteiger partial charge is 0.469 e. The number of rotatable bonds is 3. The third-order valence-electron chi connectivity index (χ3n) is 6.05. The summed E-state index contributed by atoms with van der Waals surface area (Å²) in [5.41, 5.74) is 1.49. The quantitative estimate of drug-likeness (QED) is 0.319. The molecule has 0 bridgehead atoms. The highest BCUT2D eigenvalue weighted by atomic mass is 79.9. The van der Waals surface area contributed by atoms with E-state index in [1.165, 1.54) is 26.7 Å². The van der Waals surface area contributed by atoms with Gasteiger partial charge >= 0.3 is 11.9 Å². The predicted molar refractivity (Wildman–Crippen MR) is 140 cm³/mol. The molecule has 2 aromatic rings. The Labute approximate surface area is 223 Å². The van der Waals surface area contributed by atoms with Crippen molar-refractivity contribution in [2.24, 2.45) is 10.8 Å². The second-order valence-corrected chi connectivity index (χ2v) is 11.1. The Balaban J connectivity index is 0.000000203. The number of aromatic nitrogens is 2. The van der Waals surface area contributed by atoms with Crippen LogP contribution in [0.2, 0.25) is 0 Å². The molecule has 2 aromatic heterocycles. The summed E-state index contributed by atoms with van der Waals surface area (Å²) in [6.07, 6.45) is 3.17. The Hall–Kier alpha value is -2.07. The first-order valence-electron chi connectivity index (χ1n) is 11.2. The second-order valence-electron chi connectivity index (χ2n) is 9.43. The Bertz CT molecular complexity index is 986. The Morgan fingerprint density at radius 2 is 1.37 bits per heavy atom. The van der Waals surface area contributed by atoms with Crippen LogP contribution in [0.1, 0.15) is 44.2 Å². The number of methoxy groups -OCH3 is 2. The molecule has 2 aliphatic rings. The number of halogens is 3. The lowest BCUT2D eigenvalue weighted by Gasteiger charge is -2.46. The number of anilines is 1. The lowest BCUT2D eigenvalue weighted by molar-refractivity contribution is -0.156. The predicted octanol–water partition coefficient (Wildman–Crippen LogP) is 5.79. The van der Waals surface area contributed by atoms with Crippen LogP contribution in [0.3, 0.4) is 0 Å². The minimum absolute atomic E-state index is 0.0475. The van der Waals surface area contributed by atoms with E-state index >= 15 is 0 Å². The Morgan fingerprint density at radius 3 is 1.74 bits per heavy atom. The van der Waals surface area contributed by atoms with Crippen molar-refractivity contribution in [2.45, 2.75) is 47.0 Å². The van der Waals surface area contributed by atoms with Gasteiger partial charge in [-0.25, -0.2) is 9.97 Å². The molecule has 7 nitrogen and oxygen atoms in total. The van der Waals surface area contributed by atoms with E-state index in [2.05, 4.69) is 51.5 Å². The lowest BCUT2D eigenvalue weighted by atomic mass is 9.70. The first-order valence-corrected chi connectivity index (χ1v) is 12.8. The monoisotopic (exact) mass is 615 g/mol. The summed E-state index contributed by atoms with van der Waals surface area (Å²) in [5.74, 6) is 0.259. The van der Waals surface area contributed by atoms with E-state index in [-0.39, 0.29) is 17.4 Å². The number of ether oxygens (including phenoxy) is 2. The van der Waals surface area contributed by atoms with Crippen LogP contribution in [0.5, 0.6) is 0 Å². The molecular weight excluding hydrogens is 585 g/mol. The van der Waals surface area contributed by atoms with Gasteiger partial charge in [-0.05, 0) is 108 Å². The van der Waals surface area contributed by atoms with E-state index in [9.17, 15) is 14.0 Å². The Kier molecular flexibility index (Phi) is 10.2. The van der Waals surface area contributed by atoms with Crippen LogP contribution in [-0.2, 0) is 19.1 Å². The van der Waals surface area contributed by atoms with Gasteiger partial charge in [-0.3, -0.25) is 9.59 Å². The summed E-state index contributed by atoms with van der Waals surface area (Å²) in [7, 11) is 2.88. The van der Waals surface area contributed by atoms with Crippen LogP contribution in [0.25, 0.3) is 0 Å². The fourth-order valence-electron chi connectivity index (χ4n) is 3.84. The van der Waals surface area contributed by atoms with Gasteiger partial charge in [0.2, 0.25) is 5.95 Å². The number of esters is 2. The lowest BCUT2D eigenvalue weighted by Crippen LogP contribution is -2.59. The van der Waals surface area contributed by atoms with Gasteiger partial charge in [-0.15, -0.1) is 0 Å². The first kappa shape index (κ1) is 29.2. The molecule has 3 heterocycles. The zero-order valence-corrected chi connectivity index (χ0v) is 24.1. The van der Waals surface area contributed by atoms with Gasteiger partial charge in [0.1, 0.15) is 20.4 Å². The second kappa shape index (κ2) is 12.3. The van der Waals surface area contributed by atoms with Crippen molar-refractivity contribution < 1.29 is 23.5 Å². The topological polar surface area (TPSA) is 81.6 Å². The van der Waals surface area contributed by atoms with Gasteiger partial charge in [0.15, 0.2) is 0 Å². The maximum Gasteiger partial charge on any atom is 0.315 e. The fourth-order valence-corrected chi connectivity index (χ4v) is 4.92. The van der Waals surface area contributed by atoms with Crippen molar-refractivity contribution in [1.29, 1.82) is 0 Å². The molecule has 0 atom stereocenters. The highest BCUT2D eigenvalue weighted by Gasteiger charge is 2.46. The maximum absolute atomic E-state index is 12.3. The van der Waals surface area contributed by atoms with Crippen molar-refractivity contribution in [3.8, 4) is 0 Å². The molecule has 0 radical (unpaired) electrons. The van der Waals surface area contributed by atoms with Crippen LogP contribution >= 0.6 is 31.9 Å². The number of carbonyl (C=O) groups excluding carboxylic acids is 2. The van der Waals surface area contributed by atoms with Gasteiger partial charge in [0, 0.05) is 13.1 Å². The third-order valence-corrected chi connectivity index (χ3v) is 6.86. The van der Waals surface area contributed by atoms with E-state index in [1.54, 1.807) is 6.07 Å². The molecule has 192 valence electrons. The maximum atomic E-state index is 12.3. The third kappa shape index (κ3) is 7.96. The highest BCUT2D eigenvalue weighted by Crippen LogP contribution is 2.41. The molecule has 0 N–H and O–H groups in total. The summed E-state index contributed by atoms with van der Waals surface area (Å²) < 4.78 is 23.1. The van der Waals surface area contributed by atoms with Crippen molar-refractivity contribution in [2.75, 3.05) is 32.2 Å². The average molecular weight is 617 g/mol. The fraction of sp³-hybridized carbons (Fsp3) is 0.520. The molecule has 10 heteroatoms. The van der Waals surface area contributed by atoms with E-state index in [4.69, 9.17) is 4.74 Å². The van der Waals surface area contributed by atoms with Crippen LogP contribution in [-0.4, -0.2) is 49.2 Å². The molecule has 1 aliphatic heterocycles. The minimum atomic E-state index is -0.443. The molecule has 0 unspecified atom stereocenters. The summed E-state index contributed by atoms with van der Waals surface area (Å²) >= 11 is 6.44. The molecule has 1 aliphatic carbocycles. The van der Waals surface area contributed by atoms with Crippen LogP contribution in [0.4, 0.5) is 10.2 Å². The number of hydrogen-bond donors (Lipinski definition) is 0. The summed E-state index contributed by atoms with van der Waals surface area (Å²) in [5, 5.41) is 0. The van der Waals surface area contributed by atoms with Gasteiger partial charge < -0.3 is 14.4 Å². The van der Waals surface area contributed by atoms with E-state index in [0.29, 0.717) is 17.7 Å². The van der Waals surface area contributed by atoms with Gasteiger partial charge in [0.25, 0.3) is 0 Å². The molecule has 1 saturated heterocycles. The van der Waals surface area contributed by atoms with Gasteiger partial charge in [0.05, 0.1) is 19.6 Å². The van der Waals surface area contributed by atoms with Crippen molar-refractivity contribution in [1.82, 2.24) is 9.97 Å². The molecule has 35 heavy (non-hydrogen) atoms. The van der Waals surface area contributed by atoms with E-state index in [1.807, 2.05) is 39.8 Å². The molecular formula is C25H32Br2FN3O4. The van der Waals surface area contributed by atoms with E-state index < -0.39 is 11.4 Å². The van der Waals surface area contributed by atoms with Crippen LogP contribution in [0.15, 0.2) is 33.5 Å². The number of hydrogen-bond acceptors (Lipinski definition) is 7. The zero-order chi connectivity index (χ0) is 26.4. The normalized spacial score (nSPS) is 16.8. The molecule has 0 amide bonds. The molecule has 1 saturated carbocycles. The minimum Gasteiger partial charge on any atom is -0.469 e. The van der Waals surface area contributed by atoms with Gasteiger partial charge in [-0.1, -0.05) is 6.42 Å². The zero-order valence-electron chi connectivity index (χ0n) is 21.0. The van der Waals surface area contributed by atoms with Gasteiger partial charge in [-0.2, -0.15) is 4.39 Å². The Morgan fingerprint density at radius 1 is 0.886 bits per heavy atom. The first-order chi connectivity index (χ1) is 16.3. The van der Waals surface area contributed by atoms with Crippen molar-refractivity contribution in [3.63, 3.8) is 0 Å². The summed E-state index contributed by atoms with van der Waals surface area (Å²) in [4.78, 5) is 32.4. The summed E-state index contributed by atoms with van der Waals surface area (Å²) in [6.45, 7) is 9.03. The number of carbonyl (C=O) groups is 2. The molecule has 0 spiro atoms.